The zero-order chi connectivity index (χ0) is 19.0. The minimum atomic E-state index is -1.06. The summed E-state index contributed by atoms with van der Waals surface area (Å²) in [6, 6.07) is 5.25. The Balaban J connectivity index is 2.72. The van der Waals surface area contributed by atoms with E-state index in [0.717, 1.165) is 0 Å². The van der Waals surface area contributed by atoms with Crippen LogP contribution in [0.15, 0.2) is 24.3 Å². The van der Waals surface area contributed by atoms with Crippen LogP contribution in [0.1, 0.15) is 36.7 Å². The minimum absolute atomic E-state index is 0.171. The highest BCUT2D eigenvalue weighted by molar-refractivity contribution is 5.97. The van der Waals surface area contributed by atoms with Gasteiger partial charge in [0.2, 0.25) is 0 Å². The maximum Gasteiger partial charge on any atom is 0.407 e. The smallest absolute Gasteiger partial charge is 0.407 e. The van der Waals surface area contributed by atoms with Gasteiger partial charge in [-0.2, -0.15) is 0 Å². The Kier molecular flexibility index (Phi) is 7.00. The molecule has 2 N–H and O–H groups in total. The largest absolute Gasteiger partial charge is 0.467 e. The van der Waals surface area contributed by atoms with Gasteiger partial charge in [-0.25, -0.2) is 9.59 Å². The number of hydrogen-bond acceptors (Lipinski definition) is 5. The van der Waals surface area contributed by atoms with E-state index in [1.807, 2.05) is 0 Å². The van der Waals surface area contributed by atoms with Crippen molar-refractivity contribution in [3.05, 3.63) is 35.4 Å². The summed E-state index contributed by atoms with van der Waals surface area (Å²) in [7, 11) is 1.19. The van der Waals surface area contributed by atoms with Crippen molar-refractivity contribution >= 4 is 18.0 Å². The molecule has 7 nitrogen and oxygen atoms in total. The van der Waals surface area contributed by atoms with Gasteiger partial charge in [0.15, 0.2) is 0 Å². The van der Waals surface area contributed by atoms with Crippen molar-refractivity contribution in [2.75, 3.05) is 13.7 Å². The third kappa shape index (κ3) is 6.96. The van der Waals surface area contributed by atoms with E-state index in [1.54, 1.807) is 45.0 Å². The molecule has 0 fully saturated rings. The number of carbonyl (C=O) groups is 3. The highest BCUT2D eigenvalue weighted by Gasteiger charge is 2.24. The molecular weight excluding hydrogens is 324 g/mol. The van der Waals surface area contributed by atoms with Gasteiger partial charge in [-0.1, -0.05) is 5.92 Å². The van der Waals surface area contributed by atoms with Crippen molar-refractivity contribution in [3.8, 4) is 12.3 Å². The Morgan fingerprint density at radius 2 is 1.80 bits per heavy atom. The number of alkyl carbamates (subject to hydrolysis) is 1. The van der Waals surface area contributed by atoms with Crippen LogP contribution in [0.2, 0.25) is 0 Å². The Hall–Kier alpha value is -3.01. The standard InChI is InChI=1S/C18H22N2O5/c1-6-12-7-9-13(10-8-12)15(21)20-14(16(22)24-5)11-19-17(23)25-18(2,3)4/h1,7-10,14H,11H2,2-5H3,(H,19,23)(H,20,21). The molecule has 0 aliphatic carbocycles. The zero-order valence-corrected chi connectivity index (χ0v) is 14.7. The highest BCUT2D eigenvalue weighted by Crippen LogP contribution is 2.07. The molecule has 0 spiro atoms. The molecule has 0 saturated carbocycles. The van der Waals surface area contributed by atoms with Crippen LogP contribution in [0.5, 0.6) is 0 Å². The van der Waals surface area contributed by atoms with Crippen molar-refractivity contribution in [1.29, 1.82) is 0 Å². The van der Waals surface area contributed by atoms with Gasteiger partial charge < -0.3 is 20.1 Å². The summed E-state index contributed by atoms with van der Waals surface area (Å²) in [5.74, 6) is 1.26. The molecule has 25 heavy (non-hydrogen) atoms. The van der Waals surface area contributed by atoms with Gasteiger partial charge in [-0.3, -0.25) is 4.79 Å². The number of hydrogen-bond donors (Lipinski definition) is 2. The molecular formula is C18H22N2O5. The lowest BCUT2D eigenvalue weighted by atomic mass is 10.1. The molecule has 1 atom stereocenters. The Labute approximate surface area is 147 Å². The monoisotopic (exact) mass is 346 g/mol. The summed E-state index contributed by atoms with van der Waals surface area (Å²) in [5.41, 5.74) is 0.283. The van der Waals surface area contributed by atoms with Gasteiger partial charge in [0, 0.05) is 11.1 Å². The summed E-state index contributed by atoms with van der Waals surface area (Å²) in [5, 5.41) is 4.93. The lowest BCUT2D eigenvalue weighted by molar-refractivity contribution is -0.142. The molecule has 134 valence electrons. The average molecular weight is 346 g/mol. The quantitative estimate of drug-likeness (QED) is 0.622. The molecule has 1 rings (SSSR count). The Bertz CT molecular complexity index is 668. The predicted molar refractivity (Wildman–Crippen MR) is 91.9 cm³/mol. The average Bonchev–Trinajstić information content (AvgIpc) is 2.56. The van der Waals surface area contributed by atoms with Crippen LogP contribution in [0.4, 0.5) is 4.79 Å². The number of rotatable bonds is 5. The molecule has 0 radical (unpaired) electrons. The Morgan fingerprint density at radius 3 is 2.28 bits per heavy atom. The number of esters is 1. The van der Waals surface area contributed by atoms with E-state index in [9.17, 15) is 14.4 Å². The first kappa shape index (κ1) is 20.0. The van der Waals surface area contributed by atoms with Gasteiger partial charge >= 0.3 is 12.1 Å². The van der Waals surface area contributed by atoms with Crippen LogP contribution in [0.25, 0.3) is 0 Å². The van der Waals surface area contributed by atoms with Crippen molar-refractivity contribution in [3.63, 3.8) is 0 Å². The SMILES string of the molecule is C#Cc1ccc(C(=O)NC(CNC(=O)OC(C)(C)C)C(=O)OC)cc1. The molecule has 7 heteroatoms. The van der Waals surface area contributed by atoms with E-state index in [-0.39, 0.29) is 6.54 Å². The third-order valence-electron chi connectivity index (χ3n) is 2.95. The molecule has 0 saturated heterocycles. The van der Waals surface area contributed by atoms with Crippen LogP contribution in [-0.4, -0.2) is 43.3 Å². The summed E-state index contributed by atoms with van der Waals surface area (Å²) in [4.78, 5) is 35.7. The molecule has 0 aliphatic rings. The summed E-state index contributed by atoms with van der Waals surface area (Å²) < 4.78 is 9.73. The van der Waals surface area contributed by atoms with E-state index in [0.29, 0.717) is 11.1 Å². The number of ether oxygens (including phenoxy) is 2. The van der Waals surface area contributed by atoms with E-state index < -0.39 is 29.6 Å². The number of nitrogens with one attached hydrogen (secondary N) is 2. The van der Waals surface area contributed by atoms with Gasteiger partial charge in [-0.15, -0.1) is 6.42 Å². The number of amides is 2. The molecule has 0 aromatic heterocycles. The van der Waals surface area contributed by atoms with E-state index in [2.05, 4.69) is 21.3 Å². The first-order chi connectivity index (χ1) is 11.7. The maximum absolute atomic E-state index is 12.2. The van der Waals surface area contributed by atoms with Crippen molar-refractivity contribution in [1.82, 2.24) is 10.6 Å². The third-order valence-corrected chi connectivity index (χ3v) is 2.95. The van der Waals surface area contributed by atoms with Gasteiger partial charge in [0.05, 0.1) is 13.7 Å². The zero-order valence-electron chi connectivity index (χ0n) is 14.7. The van der Waals surface area contributed by atoms with Crippen molar-refractivity contribution < 1.29 is 23.9 Å². The summed E-state index contributed by atoms with van der Waals surface area (Å²) in [6.45, 7) is 4.97. The van der Waals surface area contributed by atoms with E-state index in [1.165, 1.54) is 7.11 Å². The maximum atomic E-state index is 12.2. The van der Waals surface area contributed by atoms with E-state index >= 15 is 0 Å². The van der Waals surface area contributed by atoms with Crippen LogP contribution < -0.4 is 10.6 Å². The minimum Gasteiger partial charge on any atom is -0.467 e. The fourth-order valence-electron chi connectivity index (χ4n) is 1.79. The molecule has 1 aromatic rings. The van der Waals surface area contributed by atoms with Crippen molar-refractivity contribution in [2.24, 2.45) is 0 Å². The second kappa shape index (κ2) is 8.73. The molecule has 0 bridgehead atoms. The molecule has 2 amide bonds. The van der Waals surface area contributed by atoms with Crippen LogP contribution >= 0.6 is 0 Å². The first-order valence-corrected chi connectivity index (χ1v) is 7.58. The van der Waals surface area contributed by atoms with Crippen LogP contribution in [-0.2, 0) is 14.3 Å². The normalized spacial score (nSPS) is 11.6. The second-order valence-electron chi connectivity index (χ2n) is 6.15. The summed E-state index contributed by atoms with van der Waals surface area (Å²) in [6.07, 6.45) is 4.56. The topological polar surface area (TPSA) is 93.7 Å². The summed E-state index contributed by atoms with van der Waals surface area (Å²) >= 11 is 0. The van der Waals surface area contributed by atoms with Gasteiger partial charge in [0.25, 0.3) is 5.91 Å². The molecule has 0 aliphatic heterocycles. The fourth-order valence-corrected chi connectivity index (χ4v) is 1.79. The highest BCUT2D eigenvalue weighted by atomic mass is 16.6. The lowest BCUT2D eigenvalue weighted by Gasteiger charge is -2.21. The Morgan fingerprint density at radius 1 is 1.20 bits per heavy atom. The first-order valence-electron chi connectivity index (χ1n) is 7.58. The molecule has 1 unspecified atom stereocenters. The fraction of sp³-hybridized carbons (Fsp3) is 0.389. The molecule has 1 aromatic carbocycles. The number of benzene rings is 1. The number of carbonyl (C=O) groups excluding carboxylic acids is 3. The predicted octanol–water partition coefficient (Wildman–Crippen LogP) is 1.46. The van der Waals surface area contributed by atoms with Gasteiger partial charge in [0.1, 0.15) is 11.6 Å². The number of methoxy groups -OCH3 is 1. The second-order valence-corrected chi connectivity index (χ2v) is 6.15. The van der Waals surface area contributed by atoms with Crippen LogP contribution in [0, 0.1) is 12.3 Å². The molecule has 0 heterocycles. The lowest BCUT2D eigenvalue weighted by Crippen LogP contribution is -2.49. The van der Waals surface area contributed by atoms with Crippen LogP contribution in [0.3, 0.4) is 0 Å². The number of terminal acetylenes is 1. The van der Waals surface area contributed by atoms with Crippen molar-refractivity contribution in [2.45, 2.75) is 32.4 Å². The van der Waals surface area contributed by atoms with Gasteiger partial charge in [-0.05, 0) is 45.0 Å². The van der Waals surface area contributed by atoms with E-state index in [4.69, 9.17) is 11.2 Å².